The van der Waals surface area contributed by atoms with Crippen LogP contribution in [0.5, 0.6) is 0 Å². The molecule has 7 heterocycles. The van der Waals surface area contributed by atoms with Crippen molar-refractivity contribution >= 4 is 35.4 Å². The van der Waals surface area contributed by atoms with Gasteiger partial charge in [0, 0.05) is 70.3 Å². The molecule has 7 aliphatic heterocycles. The van der Waals surface area contributed by atoms with E-state index in [0.29, 0.717) is 42.9 Å². The minimum Gasteiger partial charge on any atom is -0.445 e. The second-order valence-corrected chi connectivity index (χ2v) is 23.9. The Bertz CT molecular complexity index is 2290. The van der Waals surface area contributed by atoms with Crippen molar-refractivity contribution in [1.82, 2.24) is 16.0 Å². The Hall–Kier alpha value is -4.55. The van der Waals surface area contributed by atoms with Gasteiger partial charge in [0.25, 0.3) is 0 Å². The van der Waals surface area contributed by atoms with Gasteiger partial charge in [-0.05, 0) is 112 Å². The highest BCUT2D eigenvalue weighted by atomic mass is 16.7. The quantitative estimate of drug-likeness (QED) is 0.0444. The molecule has 21 heteroatoms. The number of primary amides is 1. The molecule has 446 valence electrons. The number of fused-ring (bicyclic) bond motifs is 7. The molecule has 9 N–H and O–H groups in total. The van der Waals surface area contributed by atoms with Crippen molar-refractivity contribution in [3.8, 4) is 0 Å². The summed E-state index contributed by atoms with van der Waals surface area (Å²) >= 11 is 0. The van der Waals surface area contributed by atoms with Crippen LogP contribution in [-0.4, -0.2) is 159 Å². The van der Waals surface area contributed by atoms with Gasteiger partial charge in [-0.1, -0.05) is 46.1 Å². The molecule has 80 heavy (non-hydrogen) atoms. The van der Waals surface area contributed by atoms with Crippen LogP contribution in [0.3, 0.4) is 0 Å². The van der Waals surface area contributed by atoms with Crippen molar-refractivity contribution in [1.29, 1.82) is 0 Å². The summed E-state index contributed by atoms with van der Waals surface area (Å²) in [5.41, 5.74) is 14.5. The van der Waals surface area contributed by atoms with Crippen molar-refractivity contribution < 1.29 is 71.7 Å². The zero-order chi connectivity index (χ0) is 57.3. The van der Waals surface area contributed by atoms with E-state index >= 15 is 0 Å². The number of rotatable bonds is 26. The number of nitrogens with one attached hydrogen (secondary N) is 4. The molecule has 0 aromatic heterocycles. The Kier molecular flexibility index (Phi) is 21.6. The van der Waals surface area contributed by atoms with Gasteiger partial charge in [-0.25, -0.2) is 9.59 Å². The zero-order valence-corrected chi connectivity index (χ0v) is 47.6. The van der Waals surface area contributed by atoms with Crippen molar-refractivity contribution in [2.45, 2.75) is 234 Å². The number of hydrogen-bond donors (Lipinski definition) is 7. The summed E-state index contributed by atoms with van der Waals surface area (Å²) in [6.45, 7) is 16.9. The predicted molar refractivity (Wildman–Crippen MR) is 295 cm³/mol. The van der Waals surface area contributed by atoms with E-state index < -0.39 is 60.1 Å². The lowest BCUT2D eigenvalue weighted by Gasteiger charge is -2.47. The lowest BCUT2D eigenvalue weighted by molar-refractivity contribution is -0.276. The zero-order valence-electron chi connectivity index (χ0n) is 47.6. The molecule has 21 nitrogen and oxygen atoms in total. The first-order valence-corrected chi connectivity index (χ1v) is 29.3. The number of ketones is 1. The molecule has 0 saturated carbocycles. The largest absolute Gasteiger partial charge is 0.445 e. The van der Waals surface area contributed by atoms with Crippen LogP contribution in [-0.2, 0) is 63.6 Å². The second kappa shape index (κ2) is 28.1. The third kappa shape index (κ3) is 16.4. The Morgan fingerprint density at radius 3 is 2.38 bits per heavy atom. The Morgan fingerprint density at radius 2 is 1.64 bits per heavy atom. The molecular formula is C59H90N6O15. The Balaban J connectivity index is 0.730. The number of alkyl carbamates (subject to hydrolysis) is 1. The topological polar surface area (TPSA) is 289 Å². The van der Waals surface area contributed by atoms with Gasteiger partial charge in [-0.2, -0.15) is 0 Å². The third-order valence-corrected chi connectivity index (χ3v) is 17.5. The molecule has 18 atom stereocenters. The van der Waals surface area contributed by atoms with Gasteiger partial charge >= 0.3 is 12.1 Å². The van der Waals surface area contributed by atoms with Crippen LogP contribution in [0.4, 0.5) is 15.3 Å². The molecule has 7 saturated heterocycles. The molecule has 0 aliphatic carbocycles. The SMILES string of the molecule is C=C1CC(CC[C@]23CC[C@@H](O2)C2C[C@@H](O3)[C@H]3OC(CC(=O)C[C@H]4CO[C@H](CC(O)CNC(=O)OCc5ccc(NC(=O)C(CCCNC(N)=O)NC(=O)[C@@H](N)C(C)C)cc5)[C@@H]4OC)CC[C@@H]3O2)O[C@H]1CCC1C[C@@H](C)C(=C)[C@@H](C)O1. The number of Topliss-reactive ketones (excluding diaryl/α,β-unsaturated/α-hetero) is 1. The van der Waals surface area contributed by atoms with E-state index in [-0.39, 0.29) is 131 Å². The molecule has 7 aliphatic rings. The lowest BCUT2D eigenvalue weighted by atomic mass is 9.86. The number of amides is 5. The van der Waals surface area contributed by atoms with E-state index in [0.717, 1.165) is 56.9 Å². The van der Waals surface area contributed by atoms with Gasteiger partial charge in [-0.3, -0.25) is 14.4 Å². The standard InChI is InChI=1S/C59H90N6O15/c1-32(2)52(60)56(69)65-45(9-8-22-62-57(61)70)55(68)64-39-12-10-37(11-13-39)30-74-58(71)63-29-41(67)27-50-53(72-7)38(31-73-50)25-40(66)26-43-15-17-48-54(77-43)51-28-49(78-48)47-19-21-59(79-47,80-51)20-18-44-24-34(4)46(76-44)16-14-42-23-33(3)35(5)36(6)75-42/h10-13,32-33,36,38,41-54,67H,4-5,8-9,14-31,60H2,1-3,6-7H3,(H,63,71)(H,64,68)(H,65,69)(H3,61,62,70)/t33-,36-,38+,41?,42?,43?,44?,45?,46+,47-,48+,49?,50-,51-,52+,53-,54+,59+/m1/s1. The summed E-state index contributed by atoms with van der Waals surface area (Å²) in [4.78, 5) is 63.4. The molecular weight excluding hydrogens is 1030 g/mol. The van der Waals surface area contributed by atoms with E-state index in [2.05, 4.69) is 48.3 Å². The number of carbonyl (C=O) groups is 5. The average molecular weight is 1120 g/mol. The van der Waals surface area contributed by atoms with Crippen LogP contribution in [0.1, 0.15) is 136 Å². The van der Waals surface area contributed by atoms with E-state index in [1.807, 2.05) is 0 Å². The number of methoxy groups -OCH3 is 1. The van der Waals surface area contributed by atoms with Gasteiger partial charge in [0.2, 0.25) is 11.8 Å². The smallest absolute Gasteiger partial charge is 0.407 e. The lowest BCUT2D eigenvalue weighted by Crippen LogP contribution is -2.56. The number of benzene rings is 1. The first-order chi connectivity index (χ1) is 38.2. The third-order valence-electron chi connectivity index (χ3n) is 17.5. The fourth-order valence-corrected chi connectivity index (χ4v) is 12.8. The highest BCUT2D eigenvalue weighted by Crippen LogP contribution is 2.49. The summed E-state index contributed by atoms with van der Waals surface area (Å²) < 4.78 is 57.4. The van der Waals surface area contributed by atoms with Crippen LogP contribution < -0.4 is 32.7 Å². The molecule has 1 aromatic rings. The van der Waals surface area contributed by atoms with Gasteiger partial charge in [-0.15, -0.1) is 0 Å². The molecule has 6 unspecified atom stereocenters. The summed E-state index contributed by atoms with van der Waals surface area (Å²) in [5.74, 6) is -1.55. The molecule has 5 amide bonds. The molecule has 8 rings (SSSR count). The molecule has 4 bridgehead atoms. The number of ether oxygens (including phenoxy) is 9. The molecule has 7 fully saturated rings. The fourth-order valence-electron chi connectivity index (χ4n) is 12.8. The summed E-state index contributed by atoms with van der Waals surface area (Å²) in [6, 6.07) is 4.18. The first-order valence-electron chi connectivity index (χ1n) is 29.3. The average Bonchev–Trinajstić information content (AvgIpc) is 4.18. The van der Waals surface area contributed by atoms with Gasteiger partial charge in [0.05, 0.1) is 85.9 Å². The Morgan fingerprint density at radius 1 is 0.863 bits per heavy atom. The van der Waals surface area contributed by atoms with Crippen LogP contribution in [0, 0.1) is 17.8 Å². The molecule has 0 radical (unpaired) electrons. The van der Waals surface area contributed by atoms with Crippen LogP contribution in [0.15, 0.2) is 48.6 Å². The summed E-state index contributed by atoms with van der Waals surface area (Å²) in [7, 11) is 1.57. The van der Waals surface area contributed by atoms with Crippen LogP contribution in [0.2, 0.25) is 0 Å². The van der Waals surface area contributed by atoms with E-state index in [4.69, 9.17) is 54.1 Å². The highest BCUT2D eigenvalue weighted by molar-refractivity contribution is 5.97. The van der Waals surface area contributed by atoms with Crippen molar-refractivity contribution in [2.24, 2.45) is 29.2 Å². The maximum atomic E-state index is 13.8. The second-order valence-electron chi connectivity index (χ2n) is 23.9. The monoisotopic (exact) mass is 1120 g/mol. The maximum Gasteiger partial charge on any atom is 0.407 e. The minimum absolute atomic E-state index is 0.0226. The Labute approximate surface area is 471 Å². The number of nitrogens with two attached hydrogens (primary N) is 2. The van der Waals surface area contributed by atoms with E-state index in [1.165, 1.54) is 5.57 Å². The number of carbonyl (C=O) groups excluding carboxylic acids is 5. The van der Waals surface area contributed by atoms with Crippen molar-refractivity contribution in [3.63, 3.8) is 0 Å². The molecule has 0 spiro atoms. The minimum atomic E-state index is -0.987. The number of urea groups is 1. The van der Waals surface area contributed by atoms with E-state index in [9.17, 15) is 29.1 Å². The molecule has 1 aromatic carbocycles. The van der Waals surface area contributed by atoms with Gasteiger partial charge < -0.3 is 80.5 Å². The normalized spacial score (nSPS) is 34.0. The first kappa shape index (κ1) is 61.5. The highest BCUT2D eigenvalue weighted by Gasteiger charge is 2.56. The number of hydrogen-bond acceptors (Lipinski definition) is 16. The maximum absolute atomic E-state index is 13.8. The predicted octanol–water partition coefficient (Wildman–Crippen LogP) is 5.52. The van der Waals surface area contributed by atoms with Crippen LogP contribution in [0.25, 0.3) is 0 Å². The van der Waals surface area contributed by atoms with Crippen LogP contribution >= 0.6 is 0 Å². The van der Waals surface area contributed by atoms with E-state index in [1.54, 1.807) is 45.2 Å². The number of aliphatic hydroxyl groups excluding tert-OH is 1. The van der Waals surface area contributed by atoms with Gasteiger partial charge in [0.15, 0.2) is 5.79 Å². The van der Waals surface area contributed by atoms with Crippen molar-refractivity contribution in [2.75, 3.05) is 32.1 Å². The van der Waals surface area contributed by atoms with Gasteiger partial charge in [0.1, 0.15) is 24.5 Å². The fraction of sp³-hybridized carbons (Fsp3) is 0.746. The number of anilines is 1. The summed E-state index contributed by atoms with van der Waals surface area (Å²) in [6.07, 6.45) is 6.85. The van der Waals surface area contributed by atoms with Crippen molar-refractivity contribution in [3.05, 3.63) is 54.1 Å². The summed E-state index contributed by atoms with van der Waals surface area (Å²) in [5, 5.41) is 21.5. The number of aliphatic hydroxyl groups is 1.